The van der Waals surface area contributed by atoms with E-state index in [1.807, 2.05) is 6.07 Å². The molecule has 2 aromatic heterocycles. The van der Waals surface area contributed by atoms with Crippen molar-refractivity contribution in [3.05, 3.63) is 82.5 Å². The maximum Gasteiger partial charge on any atom is 0.339 e. The summed E-state index contributed by atoms with van der Waals surface area (Å²) in [5.41, 5.74) is 1.70. The van der Waals surface area contributed by atoms with E-state index in [1.165, 1.54) is 6.26 Å². The lowest BCUT2D eigenvalue weighted by atomic mass is 10.1. The number of hydrogen-bond acceptors (Lipinski definition) is 5. The Morgan fingerprint density at radius 1 is 1.03 bits per heavy atom. The lowest BCUT2D eigenvalue weighted by Crippen LogP contribution is -2.21. The number of pyridine rings is 1. The molecule has 1 amide bonds. The SMILES string of the molecule is O=C(COC(=O)c1cc(-c2ccco2)nc2ccccc12)Nc1cccc(Cl)c1Cl. The van der Waals surface area contributed by atoms with Crippen LogP contribution in [0, 0.1) is 0 Å². The van der Waals surface area contributed by atoms with Gasteiger partial charge in [-0.15, -0.1) is 0 Å². The summed E-state index contributed by atoms with van der Waals surface area (Å²) in [5.74, 6) is -0.686. The van der Waals surface area contributed by atoms with E-state index < -0.39 is 18.5 Å². The van der Waals surface area contributed by atoms with Gasteiger partial charge in [-0.2, -0.15) is 0 Å². The van der Waals surface area contributed by atoms with Crippen LogP contribution in [0.25, 0.3) is 22.4 Å². The van der Waals surface area contributed by atoms with Gasteiger partial charge in [0.05, 0.1) is 33.1 Å². The minimum atomic E-state index is -0.659. The van der Waals surface area contributed by atoms with Gasteiger partial charge >= 0.3 is 5.97 Å². The van der Waals surface area contributed by atoms with E-state index in [0.29, 0.717) is 33.1 Å². The Balaban J connectivity index is 1.54. The third-order valence-electron chi connectivity index (χ3n) is 4.27. The molecular formula is C22H14Cl2N2O4. The average Bonchev–Trinajstić information content (AvgIpc) is 3.29. The number of halogens is 2. The predicted molar refractivity (Wildman–Crippen MR) is 115 cm³/mol. The molecule has 0 atom stereocenters. The number of ether oxygens (including phenoxy) is 1. The van der Waals surface area contributed by atoms with Crippen molar-refractivity contribution in [1.29, 1.82) is 0 Å². The Morgan fingerprint density at radius 2 is 1.87 bits per heavy atom. The summed E-state index contributed by atoms with van der Waals surface area (Å²) in [4.78, 5) is 29.5. The zero-order chi connectivity index (χ0) is 21.1. The fourth-order valence-electron chi connectivity index (χ4n) is 2.89. The van der Waals surface area contributed by atoms with Crippen molar-refractivity contribution in [2.75, 3.05) is 11.9 Å². The van der Waals surface area contributed by atoms with Gasteiger partial charge in [-0.25, -0.2) is 9.78 Å². The van der Waals surface area contributed by atoms with Gasteiger partial charge in [-0.05, 0) is 36.4 Å². The number of rotatable bonds is 5. The molecule has 2 heterocycles. The van der Waals surface area contributed by atoms with Gasteiger partial charge in [0.2, 0.25) is 0 Å². The second-order valence-electron chi connectivity index (χ2n) is 6.28. The zero-order valence-electron chi connectivity index (χ0n) is 15.4. The first-order valence-corrected chi connectivity index (χ1v) is 9.63. The van der Waals surface area contributed by atoms with Crippen LogP contribution in [0.1, 0.15) is 10.4 Å². The Hall–Kier alpha value is -3.35. The van der Waals surface area contributed by atoms with E-state index in [1.54, 1.807) is 54.6 Å². The van der Waals surface area contributed by atoms with Crippen molar-refractivity contribution in [3.8, 4) is 11.5 Å². The lowest BCUT2D eigenvalue weighted by molar-refractivity contribution is -0.119. The number of hydrogen-bond donors (Lipinski definition) is 1. The quantitative estimate of drug-likeness (QED) is 0.408. The van der Waals surface area contributed by atoms with Gasteiger partial charge in [-0.1, -0.05) is 47.5 Å². The van der Waals surface area contributed by atoms with Gasteiger partial charge < -0.3 is 14.5 Å². The van der Waals surface area contributed by atoms with Gasteiger partial charge in [0, 0.05) is 5.39 Å². The molecule has 0 spiro atoms. The molecule has 30 heavy (non-hydrogen) atoms. The van der Waals surface area contributed by atoms with Crippen LogP contribution in [0.3, 0.4) is 0 Å². The lowest BCUT2D eigenvalue weighted by Gasteiger charge is -2.10. The number of furan rings is 1. The minimum Gasteiger partial charge on any atom is -0.463 e. The standard InChI is InChI=1S/C22H14Cl2N2O4/c23-15-6-3-8-17(21(15)24)26-20(27)12-30-22(28)14-11-18(19-9-4-10-29-19)25-16-7-2-1-5-13(14)16/h1-11H,12H2,(H,26,27). The maximum atomic E-state index is 12.8. The molecule has 0 bridgehead atoms. The van der Waals surface area contributed by atoms with Crippen LogP contribution in [-0.2, 0) is 9.53 Å². The molecule has 0 saturated heterocycles. The molecule has 8 heteroatoms. The van der Waals surface area contributed by atoms with E-state index >= 15 is 0 Å². The predicted octanol–water partition coefficient (Wildman–Crippen LogP) is 5.60. The number of carbonyl (C=O) groups is 2. The molecule has 0 aliphatic rings. The highest BCUT2D eigenvalue weighted by atomic mass is 35.5. The van der Waals surface area contributed by atoms with Crippen molar-refractivity contribution in [3.63, 3.8) is 0 Å². The molecule has 0 aliphatic heterocycles. The molecule has 0 fully saturated rings. The Labute approximate surface area is 181 Å². The topological polar surface area (TPSA) is 81.4 Å². The zero-order valence-corrected chi connectivity index (χ0v) is 16.9. The maximum absolute atomic E-state index is 12.8. The molecule has 0 unspecified atom stereocenters. The van der Waals surface area contributed by atoms with Crippen LogP contribution in [0.2, 0.25) is 10.0 Å². The number of amides is 1. The molecule has 0 aliphatic carbocycles. The molecule has 2 aromatic carbocycles. The second-order valence-corrected chi connectivity index (χ2v) is 7.06. The minimum absolute atomic E-state index is 0.210. The van der Waals surface area contributed by atoms with Crippen LogP contribution < -0.4 is 5.32 Å². The Bertz CT molecular complexity index is 1240. The van der Waals surface area contributed by atoms with E-state index in [2.05, 4.69) is 10.3 Å². The van der Waals surface area contributed by atoms with Crippen molar-refractivity contribution in [2.45, 2.75) is 0 Å². The van der Waals surface area contributed by atoms with Crippen LogP contribution >= 0.6 is 23.2 Å². The molecule has 150 valence electrons. The Morgan fingerprint density at radius 3 is 2.67 bits per heavy atom. The number of nitrogens with one attached hydrogen (secondary N) is 1. The van der Waals surface area contributed by atoms with Gasteiger partial charge in [0.25, 0.3) is 5.91 Å². The average molecular weight is 441 g/mol. The number of fused-ring (bicyclic) bond motifs is 1. The number of anilines is 1. The highest BCUT2D eigenvalue weighted by molar-refractivity contribution is 6.44. The van der Waals surface area contributed by atoms with Crippen LogP contribution in [0.5, 0.6) is 0 Å². The Kier molecular flexibility index (Phi) is 5.70. The summed E-state index contributed by atoms with van der Waals surface area (Å²) >= 11 is 12.0. The van der Waals surface area contributed by atoms with Crippen molar-refractivity contribution in [1.82, 2.24) is 4.98 Å². The smallest absolute Gasteiger partial charge is 0.339 e. The van der Waals surface area contributed by atoms with Crippen LogP contribution in [0.15, 0.2) is 71.3 Å². The first kappa shape index (κ1) is 19.9. The van der Waals surface area contributed by atoms with E-state index in [4.69, 9.17) is 32.4 Å². The molecule has 4 aromatic rings. The van der Waals surface area contributed by atoms with Crippen LogP contribution in [0.4, 0.5) is 5.69 Å². The number of nitrogens with zero attached hydrogens (tertiary/aromatic N) is 1. The fourth-order valence-corrected chi connectivity index (χ4v) is 3.24. The van der Waals surface area contributed by atoms with Crippen molar-refractivity contribution in [2.24, 2.45) is 0 Å². The van der Waals surface area contributed by atoms with Gasteiger partial charge in [-0.3, -0.25) is 4.79 Å². The third kappa shape index (κ3) is 4.15. The second kappa shape index (κ2) is 8.57. The summed E-state index contributed by atoms with van der Waals surface area (Å²) in [6.07, 6.45) is 1.52. The molecule has 0 radical (unpaired) electrons. The van der Waals surface area contributed by atoms with Crippen LogP contribution in [-0.4, -0.2) is 23.5 Å². The number of para-hydroxylation sites is 1. The van der Waals surface area contributed by atoms with E-state index in [0.717, 1.165) is 0 Å². The summed E-state index contributed by atoms with van der Waals surface area (Å²) in [6, 6.07) is 17.1. The highest BCUT2D eigenvalue weighted by Crippen LogP contribution is 2.29. The summed E-state index contributed by atoms with van der Waals surface area (Å²) in [6.45, 7) is -0.492. The molecule has 0 saturated carbocycles. The first-order valence-electron chi connectivity index (χ1n) is 8.87. The normalized spacial score (nSPS) is 10.7. The number of carbonyl (C=O) groups excluding carboxylic acids is 2. The molecule has 4 rings (SSSR count). The molecule has 6 nitrogen and oxygen atoms in total. The third-order valence-corrected chi connectivity index (χ3v) is 5.09. The summed E-state index contributed by atoms with van der Waals surface area (Å²) in [7, 11) is 0. The fraction of sp³-hybridized carbons (Fsp3) is 0.0455. The number of benzene rings is 2. The van der Waals surface area contributed by atoms with E-state index in [9.17, 15) is 9.59 Å². The van der Waals surface area contributed by atoms with Gasteiger partial charge in [0.1, 0.15) is 5.69 Å². The highest BCUT2D eigenvalue weighted by Gasteiger charge is 2.18. The molecular weight excluding hydrogens is 427 g/mol. The monoisotopic (exact) mass is 440 g/mol. The first-order chi connectivity index (χ1) is 14.5. The van der Waals surface area contributed by atoms with Gasteiger partial charge in [0.15, 0.2) is 12.4 Å². The largest absolute Gasteiger partial charge is 0.463 e. The molecule has 1 N–H and O–H groups in total. The number of esters is 1. The van der Waals surface area contributed by atoms with Crippen molar-refractivity contribution >= 4 is 51.7 Å². The van der Waals surface area contributed by atoms with Crippen molar-refractivity contribution < 1.29 is 18.7 Å². The number of aromatic nitrogens is 1. The summed E-state index contributed by atoms with van der Waals surface area (Å²) in [5, 5.41) is 3.69. The van der Waals surface area contributed by atoms with E-state index in [-0.39, 0.29) is 10.6 Å². The summed E-state index contributed by atoms with van der Waals surface area (Å²) < 4.78 is 10.6.